The second-order valence-corrected chi connectivity index (χ2v) is 2.92. The lowest BCUT2D eigenvalue weighted by Crippen LogP contribution is -2.03. The van der Waals surface area contributed by atoms with E-state index in [-0.39, 0.29) is 5.69 Å². The van der Waals surface area contributed by atoms with Crippen LogP contribution in [0.4, 0.5) is 0 Å². The van der Waals surface area contributed by atoms with Crippen LogP contribution in [0.2, 0.25) is 0 Å². The van der Waals surface area contributed by atoms with Crippen molar-refractivity contribution < 1.29 is 9.53 Å². The maximum atomic E-state index is 11.3. The van der Waals surface area contributed by atoms with Crippen molar-refractivity contribution in [3.8, 4) is 11.3 Å². The SMILES string of the molecule is COC(=O)c1n[nH]nc1-c1cnn(C)c1. The molecule has 0 amide bonds. The van der Waals surface area contributed by atoms with Gasteiger partial charge in [-0.15, -0.1) is 5.10 Å². The summed E-state index contributed by atoms with van der Waals surface area (Å²) in [7, 11) is 3.07. The minimum absolute atomic E-state index is 0.158. The van der Waals surface area contributed by atoms with Crippen molar-refractivity contribution in [3.63, 3.8) is 0 Å². The normalized spacial score (nSPS) is 10.3. The van der Waals surface area contributed by atoms with Crippen molar-refractivity contribution in [2.24, 2.45) is 7.05 Å². The summed E-state index contributed by atoms with van der Waals surface area (Å²) in [5, 5.41) is 14.0. The molecule has 1 N–H and O–H groups in total. The number of carbonyl (C=O) groups is 1. The van der Waals surface area contributed by atoms with Gasteiger partial charge in [0, 0.05) is 18.8 Å². The van der Waals surface area contributed by atoms with E-state index >= 15 is 0 Å². The van der Waals surface area contributed by atoms with E-state index in [1.807, 2.05) is 0 Å². The Morgan fingerprint density at radius 3 is 2.93 bits per heavy atom. The van der Waals surface area contributed by atoms with Gasteiger partial charge < -0.3 is 4.74 Å². The number of hydrogen-bond donors (Lipinski definition) is 1. The van der Waals surface area contributed by atoms with Crippen molar-refractivity contribution in [1.82, 2.24) is 25.2 Å². The van der Waals surface area contributed by atoms with Gasteiger partial charge in [-0.2, -0.15) is 15.4 Å². The molecular weight excluding hydrogens is 198 g/mol. The second kappa shape index (κ2) is 3.52. The van der Waals surface area contributed by atoms with Crippen LogP contribution in [0.1, 0.15) is 10.5 Å². The van der Waals surface area contributed by atoms with Crippen LogP contribution in [0.15, 0.2) is 12.4 Å². The number of rotatable bonds is 2. The Labute approximate surface area is 85.1 Å². The molecule has 0 bridgehead atoms. The van der Waals surface area contributed by atoms with Gasteiger partial charge in [0.1, 0.15) is 5.69 Å². The number of esters is 1. The largest absolute Gasteiger partial charge is 0.464 e. The van der Waals surface area contributed by atoms with E-state index in [2.05, 4.69) is 25.2 Å². The number of methoxy groups -OCH3 is 1. The first kappa shape index (κ1) is 9.38. The van der Waals surface area contributed by atoms with E-state index in [4.69, 9.17) is 0 Å². The minimum atomic E-state index is -0.525. The van der Waals surface area contributed by atoms with E-state index in [1.165, 1.54) is 7.11 Å². The molecule has 7 heteroatoms. The maximum Gasteiger partial charge on any atom is 0.360 e. The number of aromatic amines is 1. The van der Waals surface area contributed by atoms with Crippen LogP contribution in [0.25, 0.3) is 11.3 Å². The monoisotopic (exact) mass is 207 g/mol. The summed E-state index contributed by atoms with van der Waals surface area (Å²) in [6, 6.07) is 0. The van der Waals surface area contributed by atoms with Crippen LogP contribution < -0.4 is 0 Å². The summed E-state index contributed by atoms with van der Waals surface area (Å²) in [5.41, 5.74) is 1.31. The predicted molar refractivity (Wildman–Crippen MR) is 49.9 cm³/mol. The number of nitrogens with zero attached hydrogens (tertiary/aromatic N) is 4. The van der Waals surface area contributed by atoms with E-state index in [0.29, 0.717) is 11.3 Å². The molecule has 0 unspecified atom stereocenters. The van der Waals surface area contributed by atoms with Crippen LogP contribution in [-0.4, -0.2) is 38.3 Å². The minimum Gasteiger partial charge on any atom is -0.464 e. The molecule has 15 heavy (non-hydrogen) atoms. The molecule has 0 aromatic carbocycles. The summed E-state index contributed by atoms with van der Waals surface area (Å²) < 4.78 is 6.19. The zero-order valence-electron chi connectivity index (χ0n) is 8.26. The van der Waals surface area contributed by atoms with Crippen LogP contribution in [0.3, 0.4) is 0 Å². The number of carbonyl (C=O) groups excluding carboxylic acids is 1. The molecule has 0 aliphatic heterocycles. The molecule has 7 nitrogen and oxygen atoms in total. The first-order chi connectivity index (χ1) is 7.22. The highest BCUT2D eigenvalue weighted by atomic mass is 16.5. The van der Waals surface area contributed by atoms with Gasteiger partial charge >= 0.3 is 5.97 Å². The molecule has 78 valence electrons. The van der Waals surface area contributed by atoms with Gasteiger partial charge in [-0.3, -0.25) is 4.68 Å². The first-order valence-electron chi connectivity index (χ1n) is 4.20. The van der Waals surface area contributed by atoms with Gasteiger partial charge in [-0.25, -0.2) is 4.79 Å². The molecule has 0 fully saturated rings. The standard InChI is InChI=1S/C8H9N5O2/c1-13-4-5(3-9-13)6-7(8(14)15-2)11-12-10-6/h3-4H,1-2H3,(H,10,11,12). The molecule has 0 atom stereocenters. The summed E-state index contributed by atoms with van der Waals surface area (Å²) in [6.45, 7) is 0. The highest BCUT2D eigenvalue weighted by Gasteiger charge is 2.18. The van der Waals surface area contributed by atoms with E-state index in [1.54, 1.807) is 24.1 Å². The van der Waals surface area contributed by atoms with Crippen molar-refractivity contribution in [2.45, 2.75) is 0 Å². The summed E-state index contributed by atoms with van der Waals surface area (Å²) in [4.78, 5) is 11.3. The molecule has 0 spiro atoms. The molecule has 0 radical (unpaired) electrons. The average molecular weight is 207 g/mol. The fraction of sp³-hybridized carbons (Fsp3) is 0.250. The molecular formula is C8H9N5O2. The number of aryl methyl sites for hydroxylation is 1. The number of aromatic nitrogens is 5. The Hall–Kier alpha value is -2.18. The summed E-state index contributed by atoms with van der Waals surface area (Å²) >= 11 is 0. The van der Waals surface area contributed by atoms with Crippen LogP contribution >= 0.6 is 0 Å². The fourth-order valence-corrected chi connectivity index (χ4v) is 1.21. The van der Waals surface area contributed by atoms with E-state index in [0.717, 1.165) is 0 Å². The number of H-pyrrole nitrogens is 1. The maximum absolute atomic E-state index is 11.3. The Balaban J connectivity index is 2.45. The fourth-order valence-electron chi connectivity index (χ4n) is 1.21. The third-order valence-corrected chi connectivity index (χ3v) is 1.90. The first-order valence-corrected chi connectivity index (χ1v) is 4.20. The van der Waals surface area contributed by atoms with Crippen LogP contribution in [0.5, 0.6) is 0 Å². The second-order valence-electron chi connectivity index (χ2n) is 2.92. The lowest BCUT2D eigenvalue weighted by molar-refractivity contribution is 0.0595. The Kier molecular flexibility index (Phi) is 2.20. The van der Waals surface area contributed by atoms with E-state index in [9.17, 15) is 4.79 Å². The Morgan fingerprint density at radius 2 is 2.33 bits per heavy atom. The van der Waals surface area contributed by atoms with Gasteiger partial charge in [0.25, 0.3) is 0 Å². The third-order valence-electron chi connectivity index (χ3n) is 1.90. The highest BCUT2D eigenvalue weighted by molar-refractivity contribution is 5.93. The van der Waals surface area contributed by atoms with Crippen molar-refractivity contribution in [2.75, 3.05) is 7.11 Å². The van der Waals surface area contributed by atoms with Crippen LogP contribution in [0, 0.1) is 0 Å². The molecule has 2 aromatic heterocycles. The molecule has 2 heterocycles. The van der Waals surface area contributed by atoms with Gasteiger partial charge in [-0.1, -0.05) is 0 Å². The lowest BCUT2D eigenvalue weighted by atomic mass is 10.2. The van der Waals surface area contributed by atoms with Crippen LogP contribution in [-0.2, 0) is 11.8 Å². The summed E-state index contributed by atoms with van der Waals surface area (Å²) in [6.07, 6.45) is 3.34. The molecule has 0 saturated heterocycles. The summed E-state index contributed by atoms with van der Waals surface area (Å²) in [5.74, 6) is -0.525. The quantitative estimate of drug-likeness (QED) is 0.700. The van der Waals surface area contributed by atoms with Gasteiger partial charge in [-0.05, 0) is 0 Å². The molecule has 2 rings (SSSR count). The topological polar surface area (TPSA) is 85.7 Å². The molecule has 0 aliphatic carbocycles. The van der Waals surface area contributed by atoms with Crippen molar-refractivity contribution in [3.05, 3.63) is 18.1 Å². The third kappa shape index (κ3) is 1.58. The number of ether oxygens (including phenoxy) is 1. The number of nitrogens with one attached hydrogen (secondary N) is 1. The lowest BCUT2D eigenvalue weighted by Gasteiger charge is -1.95. The number of hydrogen-bond acceptors (Lipinski definition) is 5. The van der Waals surface area contributed by atoms with E-state index < -0.39 is 5.97 Å². The van der Waals surface area contributed by atoms with Crippen molar-refractivity contribution in [1.29, 1.82) is 0 Å². The van der Waals surface area contributed by atoms with Gasteiger partial charge in [0.2, 0.25) is 0 Å². The Morgan fingerprint density at radius 1 is 1.53 bits per heavy atom. The van der Waals surface area contributed by atoms with Gasteiger partial charge in [0.05, 0.1) is 13.3 Å². The van der Waals surface area contributed by atoms with Gasteiger partial charge in [0.15, 0.2) is 5.69 Å². The van der Waals surface area contributed by atoms with Crippen molar-refractivity contribution >= 4 is 5.97 Å². The predicted octanol–water partition coefficient (Wildman–Crippen LogP) is -0.00820. The highest BCUT2D eigenvalue weighted by Crippen LogP contribution is 2.18. The smallest absolute Gasteiger partial charge is 0.360 e. The average Bonchev–Trinajstić information content (AvgIpc) is 2.84. The Bertz CT molecular complexity index is 487. The molecule has 0 aliphatic rings. The zero-order chi connectivity index (χ0) is 10.8. The zero-order valence-corrected chi connectivity index (χ0v) is 8.26. The molecule has 2 aromatic rings. The molecule has 0 saturated carbocycles.